The molecule has 2 heterocycles. The number of aromatic nitrogens is 2. The van der Waals surface area contributed by atoms with E-state index in [0.717, 1.165) is 16.3 Å². The Kier molecular flexibility index (Phi) is 3.82. The number of aryl methyl sites for hydroxylation is 1. The molecule has 0 bridgehead atoms. The van der Waals surface area contributed by atoms with Crippen molar-refractivity contribution in [3.8, 4) is 10.6 Å². The summed E-state index contributed by atoms with van der Waals surface area (Å²) in [5, 5.41) is 8.60. The number of hydrogen-bond donors (Lipinski definition) is 1. The molecular weight excluding hydrogens is 236 g/mol. The third-order valence-electron chi connectivity index (χ3n) is 2.34. The van der Waals surface area contributed by atoms with E-state index in [0.29, 0.717) is 12.8 Å². The third kappa shape index (κ3) is 3.10. The van der Waals surface area contributed by atoms with E-state index < -0.39 is 5.97 Å². The second-order valence-electron chi connectivity index (χ2n) is 3.59. The molecule has 1 N–H and O–H groups in total. The molecule has 0 saturated carbocycles. The van der Waals surface area contributed by atoms with Gasteiger partial charge in [-0.15, -0.1) is 11.3 Å². The minimum atomic E-state index is -0.764. The molecule has 2 rings (SSSR count). The van der Waals surface area contributed by atoms with Gasteiger partial charge in [-0.05, 0) is 25.0 Å². The number of rotatable bonds is 5. The molecule has 0 saturated heterocycles. The fourth-order valence-corrected chi connectivity index (χ4v) is 2.38. The molecule has 0 aromatic carbocycles. The molecule has 0 aliphatic heterocycles. The summed E-state index contributed by atoms with van der Waals surface area (Å²) >= 11 is 1.54. The largest absolute Gasteiger partial charge is 0.481 e. The van der Waals surface area contributed by atoms with E-state index in [4.69, 9.17) is 5.11 Å². The molecule has 0 spiro atoms. The van der Waals surface area contributed by atoms with Crippen molar-refractivity contribution in [1.29, 1.82) is 0 Å². The summed E-state index contributed by atoms with van der Waals surface area (Å²) in [6, 6.07) is 5.74. The number of nitrogens with zero attached hydrogens (tertiary/aromatic N) is 2. The Morgan fingerprint density at radius 1 is 1.35 bits per heavy atom. The van der Waals surface area contributed by atoms with Crippen LogP contribution in [-0.4, -0.2) is 21.0 Å². The summed E-state index contributed by atoms with van der Waals surface area (Å²) in [7, 11) is 0. The van der Waals surface area contributed by atoms with Crippen molar-refractivity contribution in [2.45, 2.75) is 19.3 Å². The average Bonchev–Trinajstić information content (AvgIpc) is 2.78. The standard InChI is InChI=1S/C12H12N2O2S/c15-11(16)6-3-5-10-12(17-8-14-10)9-4-1-2-7-13-9/h1-2,4,7-8H,3,5-6H2,(H,15,16). The predicted octanol–water partition coefficient (Wildman–Crippen LogP) is 2.61. The van der Waals surface area contributed by atoms with E-state index in [1.165, 1.54) is 0 Å². The maximum atomic E-state index is 10.5. The first-order valence-corrected chi connectivity index (χ1v) is 6.21. The first-order valence-electron chi connectivity index (χ1n) is 5.33. The number of hydrogen-bond acceptors (Lipinski definition) is 4. The highest BCUT2D eigenvalue weighted by atomic mass is 32.1. The van der Waals surface area contributed by atoms with Gasteiger partial charge in [-0.3, -0.25) is 9.78 Å². The molecule has 4 nitrogen and oxygen atoms in total. The predicted molar refractivity (Wildman–Crippen MR) is 65.9 cm³/mol. The normalized spacial score (nSPS) is 10.4. The lowest BCUT2D eigenvalue weighted by atomic mass is 10.1. The molecular formula is C12H12N2O2S. The number of thiazole rings is 1. The molecule has 17 heavy (non-hydrogen) atoms. The first-order chi connectivity index (χ1) is 8.27. The van der Waals surface area contributed by atoms with Crippen LogP contribution in [0.3, 0.4) is 0 Å². The molecule has 2 aromatic heterocycles. The summed E-state index contributed by atoms with van der Waals surface area (Å²) in [5.74, 6) is -0.764. The molecule has 0 fully saturated rings. The Labute approximate surface area is 103 Å². The molecule has 5 heteroatoms. The lowest BCUT2D eigenvalue weighted by molar-refractivity contribution is -0.137. The molecule has 0 aliphatic carbocycles. The van der Waals surface area contributed by atoms with E-state index in [2.05, 4.69) is 9.97 Å². The second-order valence-corrected chi connectivity index (χ2v) is 4.45. The van der Waals surface area contributed by atoms with Crippen molar-refractivity contribution < 1.29 is 9.90 Å². The van der Waals surface area contributed by atoms with Gasteiger partial charge in [-0.1, -0.05) is 6.07 Å². The van der Waals surface area contributed by atoms with Crippen LogP contribution in [0.15, 0.2) is 29.9 Å². The summed E-state index contributed by atoms with van der Waals surface area (Å²) in [5.41, 5.74) is 3.62. The van der Waals surface area contributed by atoms with Gasteiger partial charge in [0.25, 0.3) is 0 Å². The van der Waals surface area contributed by atoms with Gasteiger partial charge in [-0.2, -0.15) is 0 Å². The van der Waals surface area contributed by atoms with Crippen LogP contribution in [0, 0.1) is 0 Å². The van der Waals surface area contributed by atoms with E-state index in [9.17, 15) is 4.79 Å². The number of carboxylic acid groups (broad SMARTS) is 1. The van der Waals surface area contributed by atoms with Crippen LogP contribution in [0.5, 0.6) is 0 Å². The van der Waals surface area contributed by atoms with Crippen LogP contribution in [0.2, 0.25) is 0 Å². The van der Waals surface area contributed by atoms with E-state index in [-0.39, 0.29) is 6.42 Å². The zero-order valence-corrected chi connectivity index (χ0v) is 9.98. The molecule has 0 aliphatic rings. The highest BCUT2D eigenvalue weighted by Crippen LogP contribution is 2.26. The van der Waals surface area contributed by atoms with E-state index in [1.54, 1.807) is 23.0 Å². The van der Waals surface area contributed by atoms with Crippen LogP contribution in [0.1, 0.15) is 18.5 Å². The van der Waals surface area contributed by atoms with E-state index in [1.807, 2.05) is 18.2 Å². The Balaban J connectivity index is 2.10. The Hall–Kier alpha value is -1.75. The van der Waals surface area contributed by atoms with Gasteiger partial charge in [0.15, 0.2) is 0 Å². The summed E-state index contributed by atoms with van der Waals surface area (Å²) in [6.07, 6.45) is 3.22. The van der Waals surface area contributed by atoms with E-state index >= 15 is 0 Å². The highest BCUT2D eigenvalue weighted by Gasteiger charge is 2.09. The molecule has 2 aromatic rings. The quantitative estimate of drug-likeness (QED) is 0.883. The van der Waals surface area contributed by atoms with Crippen molar-refractivity contribution in [3.63, 3.8) is 0 Å². The molecule has 0 amide bonds. The zero-order chi connectivity index (χ0) is 12.1. The molecule has 0 radical (unpaired) electrons. The number of aliphatic carboxylic acids is 1. The minimum absolute atomic E-state index is 0.180. The zero-order valence-electron chi connectivity index (χ0n) is 9.17. The smallest absolute Gasteiger partial charge is 0.303 e. The van der Waals surface area contributed by atoms with Crippen molar-refractivity contribution in [2.75, 3.05) is 0 Å². The number of carboxylic acids is 1. The molecule has 88 valence electrons. The summed E-state index contributed by atoms with van der Waals surface area (Å²) < 4.78 is 0. The summed E-state index contributed by atoms with van der Waals surface area (Å²) in [4.78, 5) is 20.0. The monoisotopic (exact) mass is 248 g/mol. The Morgan fingerprint density at radius 2 is 2.24 bits per heavy atom. The topological polar surface area (TPSA) is 63.1 Å². The van der Waals surface area contributed by atoms with Crippen LogP contribution in [0.25, 0.3) is 10.6 Å². The maximum absolute atomic E-state index is 10.5. The fraction of sp³-hybridized carbons (Fsp3) is 0.250. The lowest BCUT2D eigenvalue weighted by Gasteiger charge is -2.00. The van der Waals surface area contributed by atoms with Crippen LogP contribution in [0.4, 0.5) is 0 Å². The van der Waals surface area contributed by atoms with Crippen molar-refractivity contribution >= 4 is 17.3 Å². The minimum Gasteiger partial charge on any atom is -0.481 e. The Morgan fingerprint density at radius 3 is 2.94 bits per heavy atom. The maximum Gasteiger partial charge on any atom is 0.303 e. The highest BCUT2D eigenvalue weighted by molar-refractivity contribution is 7.13. The Bertz CT molecular complexity index is 496. The van der Waals surface area contributed by atoms with Gasteiger partial charge in [0.05, 0.1) is 21.8 Å². The average molecular weight is 248 g/mol. The first kappa shape index (κ1) is 11.7. The van der Waals surface area contributed by atoms with Crippen molar-refractivity contribution in [1.82, 2.24) is 9.97 Å². The second kappa shape index (κ2) is 5.54. The number of carbonyl (C=O) groups is 1. The lowest BCUT2D eigenvalue weighted by Crippen LogP contribution is -1.97. The van der Waals surface area contributed by atoms with Gasteiger partial charge >= 0.3 is 5.97 Å². The van der Waals surface area contributed by atoms with Crippen LogP contribution < -0.4 is 0 Å². The SMILES string of the molecule is O=C(O)CCCc1ncsc1-c1ccccn1. The van der Waals surface area contributed by atoms with Crippen molar-refractivity contribution in [3.05, 3.63) is 35.6 Å². The van der Waals surface area contributed by atoms with Gasteiger partial charge in [0.2, 0.25) is 0 Å². The third-order valence-corrected chi connectivity index (χ3v) is 3.23. The van der Waals surface area contributed by atoms with Gasteiger partial charge in [-0.25, -0.2) is 4.98 Å². The molecule has 0 unspecified atom stereocenters. The fourth-order valence-electron chi connectivity index (χ4n) is 1.56. The molecule has 0 atom stereocenters. The van der Waals surface area contributed by atoms with Gasteiger partial charge in [0.1, 0.15) is 0 Å². The van der Waals surface area contributed by atoms with Crippen LogP contribution >= 0.6 is 11.3 Å². The summed E-state index contributed by atoms with van der Waals surface area (Å²) in [6.45, 7) is 0. The van der Waals surface area contributed by atoms with Crippen LogP contribution in [-0.2, 0) is 11.2 Å². The van der Waals surface area contributed by atoms with Gasteiger partial charge in [0, 0.05) is 12.6 Å². The number of pyridine rings is 1. The van der Waals surface area contributed by atoms with Crippen molar-refractivity contribution in [2.24, 2.45) is 0 Å². The van der Waals surface area contributed by atoms with Gasteiger partial charge < -0.3 is 5.11 Å².